The van der Waals surface area contributed by atoms with Crippen molar-refractivity contribution >= 4 is 18.0 Å². The second-order valence-electron chi connectivity index (χ2n) is 8.52. The van der Waals surface area contributed by atoms with Gasteiger partial charge in [-0.25, -0.2) is 4.79 Å². The van der Waals surface area contributed by atoms with E-state index in [1.54, 1.807) is 0 Å². The molecule has 2 aliphatic rings. The first kappa shape index (κ1) is 21.9. The molecule has 0 spiro atoms. The minimum Gasteiger partial charge on any atom is -0.481 e. The predicted octanol–water partition coefficient (Wildman–Crippen LogP) is 3.53. The number of carbonyl (C=O) groups excluding carboxylic acids is 2. The molecule has 2 aromatic carbocycles. The Morgan fingerprint density at radius 1 is 0.969 bits per heavy atom. The van der Waals surface area contributed by atoms with E-state index in [0.717, 1.165) is 35.1 Å². The molecule has 0 aromatic heterocycles. The number of carboxylic acids is 1. The van der Waals surface area contributed by atoms with Crippen molar-refractivity contribution in [2.45, 2.75) is 31.6 Å². The summed E-state index contributed by atoms with van der Waals surface area (Å²) in [7, 11) is 0. The lowest BCUT2D eigenvalue weighted by Gasteiger charge is -2.15. The number of ether oxygens (including phenoxy) is 1. The molecular weight excluding hydrogens is 408 g/mol. The first-order chi connectivity index (χ1) is 15.5. The van der Waals surface area contributed by atoms with E-state index in [2.05, 4.69) is 34.9 Å². The van der Waals surface area contributed by atoms with Crippen LogP contribution in [0, 0.1) is 11.8 Å². The first-order valence-electron chi connectivity index (χ1n) is 11.1. The maximum Gasteiger partial charge on any atom is 0.407 e. The van der Waals surface area contributed by atoms with Gasteiger partial charge < -0.3 is 20.5 Å². The van der Waals surface area contributed by atoms with Gasteiger partial charge in [0.1, 0.15) is 6.61 Å². The van der Waals surface area contributed by atoms with Gasteiger partial charge in [0.2, 0.25) is 5.91 Å². The van der Waals surface area contributed by atoms with Crippen LogP contribution in [0.5, 0.6) is 0 Å². The predicted molar refractivity (Wildman–Crippen MR) is 119 cm³/mol. The van der Waals surface area contributed by atoms with Crippen molar-refractivity contribution in [2.75, 3.05) is 19.7 Å². The van der Waals surface area contributed by atoms with Crippen LogP contribution in [0.3, 0.4) is 0 Å². The second-order valence-corrected chi connectivity index (χ2v) is 8.52. The van der Waals surface area contributed by atoms with Crippen molar-refractivity contribution in [3.05, 3.63) is 59.7 Å². The molecule has 168 valence electrons. The Hall–Kier alpha value is -3.35. The van der Waals surface area contributed by atoms with Crippen molar-refractivity contribution in [3.8, 4) is 11.1 Å². The Labute approximate surface area is 187 Å². The van der Waals surface area contributed by atoms with E-state index in [9.17, 15) is 19.5 Å². The molecular formula is C25H28N2O5. The average molecular weight is 437 g/mol. The van der Waals surface area contributed by atoms with Crippen LogP contribution in [0.1, 0.15) is 42.7 Å². The van der Waals surface area contributed by atoms with E-state index in [0.29, 0.717) is 12.3 Å². The summed E-state index contributed by atoms with van der Waals surface area (Å²) >= 11 is 0. The SMILES string of the molecule is O=C(CCNC(=O)OCC1c2ccccc2-c2ccccc21)NCC(CC1CC1)C(=O)O. The third-order valence-electron chi connectivity index (χ3n) is 6.17. The molecule has 0 bridgehead atoms. The molecule has 7 heteroatoms. The van der Waals surface area contributed by atoms with Gasteiger partial charge >= 0.3 is 12.1 Å². The smallest absolute Gasteiger partial charge is 0.407 e. The van der Waals surface area contributed by atoms with Crippen LogP contribution in [0.2, 0.25) is 0 Å². The number of fused-ring (bicyclic) bond motifs is 3. The van der Waals surface area contributed by atoms with Gasteiger partial charge in [-0.05, 0) is 34.6 Å². The highest BCUT2D eigenvalue weighted by atomic mass is 16.5. The quantitative estimate of drug-likeness (QED) is 0.528. The minimum atomic E-state index is -0.881. The third kappa shape index (κ3) is 5.28. The highest BCUT2D eigenvalue weighted by molar-refractivity contribution is 5.79. The Bertz CT molecular complexity index is 956. The molecule has 1 unspecified atom stereocenters. The third-order valence-corrected chi connectivity index (χ3v) is 6.17. The zero-order valence-electron chi connectivity index (χ0n) is 17.9. The van der Waals surface area contributed by atoms with Crippen molar-refractivity contribution in [3.63, 3.8) is 0 Å². The molecule has 2 aliphatic carbocycles. The molecule has 7 nitrogen and oxygen atoms in total. The molecule has 1 atom stereocenters. The zero-order valence-corrected chi connectivity index (χ0v) is 17.9. The van der Waals surface area contributed by atoms with E-state index in [-0.39, 0.29) is 37.9 Å². The number of carboxylic acid groups (broad SMARTS) is 1. The van der Waals surface area contributed by atoms with Gasteiger partial charge in [0, 0.05) is 25.4 Å². The fourth-order valence-corrected chi connectivity index (χ4v) is 4.28. The second kappa shape index (κ2) is 9.85. The molecule has 2 aromatic rings. The van der Waals surface area contributed by atoms with Gasteiger partial charge in [-0.2, -0.15) is 0 Å². The van der Waals surface area contributed by atoms with Crippen molar-refractivity contribution < 1.29 is 24.2 Å². The standard InChI is InChI=1S/C25H28N2O5/c28-23(27-14-17(24(29)30)13-16-9-10-16)11-12-26-25(31)32-15-22-20-7-3-1-5-18(20)19-6-2-4-8-21(19)22/h1-8,16-17,22H,9-15H2,(H,26,31)(H,27,28)(H,29,30). The number of benzene rings is 2. The van der Waals surface area contributed by atoms with Gasteiger partial charge in [-0.15, -0.1) is 0 Å². The van der Waals surface area contributed by atoms with Gasteiger partial charge in [0.25, 0.3) is 0 Å². The summed E-state index contributed by atoms with van der Waals surface area (Å²) in [5.41, 5.74) is 4.60. The largest absolute Gasteiger partial charge is 0.481 e. The molecule has 3 N–H and O–H groups in total. The minimum absolute atomic E-state index is 0.0177. The number of amides is 2. The highest BCUT2D eigenvalue weighted by Crippen LogP contribution is 2.44. The fourth-order valence-electron chi connectivity index (χ4n) is 4.28. The number of rotatable bonds is 10. The fraction of sp³-hybridized carbons (Fsp3) is 0.400. The topological polar surface area (TPSA) is 105 Å². The van der Waals surface area contributed by atoms with Crippen molar-refractivity contribution in [1.82, 2.24) is 10.6 Å². The Kier molecular flexibility index (Phi) is 6.73. The lowest BCUT2D eigenvalue weighted by molar-refractivity contribution is -0.142. The van der Waals surface area contributed by atoms with Crippen molar-refractivity contribution in [2.24, 2.45) is 11.8 Å². The highest BCUT2D eigenvalue weighted by Gasteiger charge is 2.30. The van der Waals surface area contributed by atoms with Gasteiger partial charge in [0.05, 0.1) is 5.92 Å². The van der Waals surface area contributed by atoms with Crippen LogP contribution in [0.4, 0.5) is 4.79 Å². The Morgan fingerprint density at radius 3 is 2.19 bits per heavy atom. The van der Waals surface area contributed by atoms with E-state index in [1.807, 2.05) is 24.3 Å². The van der Waals surface area contributed by atoms with Gasteiger partial charge in [-0.3, -0.25) is 9.59 Å². The van der Waals surface area contributed by atoms with Gasteiger partial charge in [0.15, 0.2) is 0 Å². The summed E-state index contributed by atoms with van der Waals surface area (Å²) in [4.78, 5) is 35.4. The molecule has 0 radical (unpaired) electrons. The average Bonchev–Trinajstić information content (AvgIpc) is 3.56. The first-order valence-corrected chi connectivity index (χ1v) is 11.1. The number of carbonyl (C=O) groups is 3. The lowest BCUT2D eigenvalue weighted by Crippen LogP contribution is -2.35. The van der Waals surface area contributed by atoms with E-state index < -0.39 is 18.0 Å². The van der Waals surface area contributed by atoms with Crippen LogP contribution >= 0.6 is 0 Å². The number of alkyl carbamates (subject to hydrolysis) is 1. The molecule has 0 aliphatic heterocycles. The van der Waals surface area contributed by atoms with Crippen LogP contribution < -0.4 is 10.6 Å². The summed E-state index contributed by atoms with van der Waals surface area (Å²) in [6.45, 7) is 0.464. The van der Waals surface area contributed by atoms with Crippen LogP contribution in [0.15, 0.2) is 48.5 Å². The van der Waals surface area contributed by atoms with Crippen LogP contribution in [-0.2, 0) is 14.3 Å². The normalized spacial score (nSPS) is 15.4. The summed E-state index contributed by atoms with van der Waals surface area (Å²) < 4.78 is 5.44. The molecule has 4 rings (SSSR count). The Balaban J connectivity index is 1.20. The summed E-state index contributed by atoms with van der Waals surface area (Å²) in [5, 5.41) is 14.5. The summed E-state index contributed by atoms with van der Waals surface area (Å²) in [6.07, 6.45) is 2.24. The molecule has 0 heterocycles. The summed E-state index contributed by atoms with van der Waals surface area (Å²) in [6, 6.07) is 16.2. The zero-order chi connectivity index (χ0) is 22.5. The number of nitrogens with one attached hydrogen (secondary N) is 2. The van der Waals surface area contributed by atoms with E-state index in [1.165, 1.54) is 0 Å². The van der Waals surface area contributed by atoms with Gasteiger partial charge in [-0.1, -0.05) is 61.4 Å². The number of hydrogen-bond donors (Lipinski definition) is 3. The Morgan fingerprint density at radius 2 is 1.59 bits per heavy atom. The number of hydrogen-bond acceptors (Lipinski definition) is 4. The molecule has 2 amide bonds. The maximum atomic E-state index is 12.1. The number of aliphatic carboxylic acids is 1. The molecule has 32 heavy (non-hydrogen) atoms. The lowest BCUT2D eigenvalue weighted by atomic mass is 9.98. The maximum absolute atomic E-state index is 12.1. The summed E-state index contributed by atoms with van der Waals surface area (Å²) in [5.74, 6) is -1.26. The van der Waals surface area contributed by atoms with E-state index >= 15 is 0 Å². The van der Waals surface area contributed by atoms with Crippen LogP contribution in [-0.4, -0.2) is 42.8 Å². The van der Waals surface area contributed by atoms with E-state index in [4.69, 9.17) is 4.74 Å². The molecule has 1 fully saturated rings. The molecule has 0 saturated heterocycles. The molecule has 1 saturated carbocycles. The van der Waals surface area contributed by atoms with Crippen molar-refractivity contribution in [1.29, 1.82) is 0 Å². The monoisotopic (exact) mass is 436 g/mol. The van der Waals surface area contributed by atoms with Crippen LogP contribution in [0.25, 0.3) is 11.1 Å².